The maximum atomic E-state index is 10.7. The number of hydrogen-bond acceptors (Lipinski definition) is 4. The first-order valence-electron chi connectivity index (χ1n) is 3.98. The van der Waals surface area contributed by atoms with Crippen LogP contribution in [-0.2, 0) is 4.79 Å². The molecule has 2 fully saturated rings. The zero-order valence-electron chi connectivity index (χ0n) is 6.58. The van der Waals surface area contributed by atoms with Gasteiger partial charge in [-0.1, -0.05) is 0 Å². The first-order valence-corrected chi connectivity index (χ1v) is 5.95. The fourth-order valence-corrected chi connectivity index (χ4v) is 4.77. The summed E-state index contributed by atoms with van der Waals surface area (Å²) in [7, 11) is 0. The zero-order valence-corrected chi connectivity index (χ0v) is 8.21. The van der Waals surface area contributed by atoms with Crippen LogP contribution in [0.4, 0.5) is 0 Å². The van der Waals surface area contributed by atoms with Crippen LogP contribution in [0.25, 0.3) is 0 Å². The third-order valence-electron chi connectivity index (χ3n) is 2.24. The van der Waals surface area contributed by atoms with Gasteiger partial charge in [0.25, 0.3) is 0 Å². The lowest BCUT2D eigenvalue weighted by Gasteiger charge is -2.20. The monoisotopic (exact) mass is 205 g/mol. The molecular weight excluding hydrogens is 194 g/mol. The molecule has 68 valence electrons. The molecule has 1 spiro atoms. The molecule has 0 amide bonds. The molecule has 2 saturated heterocycles. The highest BCUT2D eigenvalue weighted by Crippen LogP contribution is 2.48. The third kappa shape index (κ3) is 1.45. The molecule has 5 heteroatoms. The Morgan fingerprint density at radius 2 is 2.17 bits per heavy atom. The largest absolute Gasteiger partial charge is 0.481 e. The van der Waals surface area contributed by atoms with Crippen molar-refractivity contribution in [2.75, 3.05) is 18.1 Å². The van der Waals surface area contributed by atoms with Gasteiger partial charge in [-0.2, -0.15) is 0 Å². The van der Waals surface area contributed by atoms with Gasteiger partial charge >= 0.3 is 5.97 Å². The number of carboxylic acid groups (broad SMARTS) is 1. The van der Waals surface area contributed by atoms with Crippen LogP contribution in [0, 0.1) is 5.92 Å². The highest BCUT2D eigenvalue weighted by molar-refractivity contribution is 8.21. The summed E-state index contributed by atoms with van der Waals surface area (Å²) >= 11 is 3.72. The Bertz CT molecular complexity index is 204. The van der Waals surface area contributed by atoms with Crippen LogP contribution in [0.5, 0.6) is 0 Å². The van der Waals surface area contributed by atoms with Crippen molar-refractivity contribution in [2.45, 2.75) is 10.6 Å². The second kappa shape index (κ2) is 3.12. The van der Waals surface area contributed by atoms with E-state index >= 15 is 0 Å². The van der Waals surface area contributed by atoms with Gasteiger partial charge in [-0.15, -0.1) is 23.5 Å². The van der Waals surface area contributed by atoms with E-state index in [4.69, 9.17) is 5.11 Å². The number of rotatable bonds is 1. The first-order chi connectivity index (χ1) is 5.72. The van der Waals surface area contributed by atoms with Gasteiger partial charge in [0.05, 0.1) is 5.92 Å². The van der Waals surface area contributed by atoms with Crippen LogP contribution < -0.4 is 5.32 Å². The molecule has 1 unspecified atom stereocenters. The molecule has 0 aromatic carbocycles. The molecule has 0 radical (unpaired) electrons. The summed E-state index contributed by atoms with van der Waals surface area (Å²) < 4.78 is 0.0447. The van der Waals surface area contributed by atoms with Crippen LogP contribution in [0.1, 0.15) is 6.42 Å². The molecule has 0 aromatic rings. The van der Waals surface area contributed by atoms with Crippen LogP contribution >= 0.6 is 23.5 Å². The van der Waals surface area contributed by atoms with Gasteiger partial charge in [0.2, 0.25) is 0 Å². The van der Waals surface area contributed by atoms with Gasteiger partial charge < -0.3 is 5.11 Å². The predicted molar refractivity (Wildman–Crippen MR) is 51.4 cm³/mol. The number of hydrogen-bond donors (Lipinski definition) is 2. The smallest absolute Gasteiger partial charge is 0.307 e. The van der Waals surface area contributed by atoms with E-state index in [2.05, 4.69) is 5.32 Å². The van der Waals surface area contributed by atoms with E-state index in [0.717, 1.165) is 17.9 Å². The topological polar surface area (TPSA) is 49.3 Å². The SMILES string of the molecule is O=C(O)C1CNC2(C1)SCCS2. The van der Waals surface area contributed by atoms with Crippen molar-refractivity contribution in [3.8, 4) is 0 Å². The number of carbonyl (C=O) groups is 1. The highest BCUT2D eigenvalue weighted by atomic mass is 32.2. The Hall–Kier alpha value is 0.130. The van der Waals surface area contributed by atoms with Gasteiger partial charge in [0.1, 0.15) is 4.20 Å². The van der Waals surface area contributed by atoms with E-state index in [1.165, 1.54) is 0 Å². The summed E-state index contributed by atoms with van der Waals surface area (Å²) in [5, 5.41) is 12.1. The molecule has 0 aliphatic carbocycles. The third-order valence-corrected chi connectivity index (χ3v) is 5.57. The van der Waals surface area contributed by atoms with Crippen molar-refractivity contribution in [2.24, 2.45) is 5.92 Å². The average Bonchev–Trinajstić information content (AvgIpc) is 2.62. The zero-order chi connectivity index (χ0) is 8.60. The number of thioether (sulfide) groups is 2. The van der Waals surface area contributed by atoms with E-state index in [9.17, 15) is 4.79 Å². The minimum absolute atomic E-state index is 0.0447. The summed E-state index contributed by atoms with van der Waals surface area (Å²) in [6.45, 7) is 0.634. The highest BCUT2D eigenvalue weighted by Gasteiger charge is 2.44. The molecule has 0 saturated carbocycles. The molecule has 2 N–H and O–H groups in total. The van der Waals surface area contributed by atoms with Gasteiger partial charge in [-0.05, 0) is 6.42 Å². The van der Waals surface area contributed by atoms with E-state index in [0.29, 0.717) is 6.54 Å². The van der Waals surface area contributed by atoms with Gasteiger partial charge in [-0.25, -0.2) is 0 Å². The lowest BCUT2D eigenvalue weighted by molar-refractivity contribution is -0.141. The van der Waals surface area contributed by atoms with Crippen molar-refractivity contribution in [1.29, 1.82) is 0 Å². The lowest BCUT2D eigenvalue weighted by Crippen LogP contribution is -2.29. The second-order valence-corrected chi connectivity index (χ2v) is 6.12. The molecule has 3 nitrogen and oxygen atoms in total. The van der Waals surface area contributed by atoms with Crippen molar-refractivity contribution < 1.29 is 9.90 Å². The standard InChI is InChI=1S/C7H11NO2S2/c9-6(10)5-3-7(8-4-5)11-1-2-12-7/h5,8H,1-4H2,(H,9,10). The average molecular weight is 205 g/mol. The maximum Gasteiger partial charge on any atom is 0.307 e. The van der Waals surface area contributed by atoms with Crippen LogP contribution in [0.2, 0.25) is 0 Å². The van der Waals surface area contributed by atoms with Crippen molar-refractivity contribution in [1.82, 2.24) is 5.32 Å². The first kappa shape index (κ1) is 8.72. The molecular formula is C7H11NO2S2. The summed E-state index contributed by atoms with van der Waals surface area (Å²) in [6.07, 6.45) is 0.775. The van der Waals surface area contributed by atoms with Gasteiger partial charge in [-0.3, -0.25) is 10.1 Å². The summed E-state index contributed by atoms with van der Waals surface area (Å²) in [5.74, 6) is 1.45. The van der Waals surface area contributed by atoms with E-state index in [1.807, 2.05) is 23.5 Å². The van der Waals surface area contributed by atoms with Crippen LogP contribution in [0.3, 0.4) is 0 Å². The second-order valence-electron chi connectivity index (χ2n) is 3.07. The minimum Gasteiger partial charge on any atom is -0.481 e. The summed E-state index contributed by atoms with van der Waals surface area (Å²) in [4.78, 5) is 10.7. The van der Waals surface area contributed by atoms with E-state index in [-0.39, 0.29) is 10.1 Å². The Morgan fingerprint density at radius 3 is 2.67 bits per heavy atom. The summed E-state index contributed by atoms with van der Waals surface area (Å²) in [6, 6.07) is 0. The van der Waals surface area contributed by atoms with E-state index in [1.54, 1.807) is 0 Å². The molecule has 12 heavy (non-hydrogen) atoms. The molecule has 0 aromatic heterocycles. The molecule has 2 rings (SSSR count). The fourth-order valence-electron chi connectivity index (χ4n) is 1.60. The normalized spacial score (nSPS) is 32.8. The Balaban J connectivity index is 2.01. The summed E-state index contributed by atoms with van der Waals surface area (Å²) in [5.41, 5.74) is 0. The molecule has 2 aliphatic rings. The molecule has 0 bridgehead atoms. The molecule has 2 aliphatic heterocycles. The quantitative estimate of drug-likeness (QED) is 0.663. The fraction of sp³-hybridized carbons (Fsp3) is 0.857. The lowest BCUT2D eigenvalue weighted by atomic mass is 10.1. The number of carboxylic acids is 1. The van der Waals surface area contributed by atoms with Crippen molar-refractivity contribution in [3.63, 3.8) is 0 Å². The minimum atomic E-state index is -0.660. The van der Waals surface area contributed by atoms with Crippen LogP contribution in [0.15, 0.2) is 0 Å². The van der Waals surface area contributed by atoms with Gasteiger partial charge in [0, 0.05) is 18.1 Å². The Morgan fingerprint density at radius 1 is 1.50 bits per heavy atom. The Kier molecular flexibility index (Phi) is 2.27. The Labute approximate surface area is 79.7 Å². The van der Waals surface area contributed by atoms with Crippen molar-refractivity contribution >= 4 is 29.5 Å². The molecule has 2 heterocycles. The van der Waals surface area contributed by atoms with Crippen molar-refractivity contribution in [3.05, 3.63) is 0 Å². The van der Waals surface area contributed by atoms with Gasteiger partial charge in [0.15, 0.2) is 0 Å². The maximum absolute atomic E-state index is 10.7. The molecule has 1 atom stereocenters. The number of aliphatic carboxylic acids is 1. The predicted octanol–water partition coefficient (Wildman–Crippen LogP) is 0.814. The van der Waals surface area contributed by atoms with E-state index < -0.39 is 5.97 Å². The van der Waals surface area contributed by atoms with Crippen LogP contribution in [-0.4, -0.2) is 33.3 Å². The number of nitrogens with one attached hydrogen (secondary N) is 1.